The standard InChI is InChI=1S/C21H23BrN10O2S/c1-30-20(27-28-29-30)31-5-2-12(3-6-31)4-7-32-19-17(18(23)24-10-25-19)26-21(32)35-16-9-15-14(8-13(16)22)33-11-34-15/h8-10,12H,2-7,11H2,1H3,(H2,23,24,25). The lowest BCUT2D eigenvalue weighted by molar-refractivity contribution is 0.174. The average Bonchev–Trinajstić information content (AvgIpc) is 3.57. The first-order valence-corrected chi connectivity index (χ1v) is 12.9. The van der Waals surface area contributed by atoms with Crippen LogP contribution in [-0.4, -0.2) is 59.6 Å². The lowest BCUT2D eigenvalue weighted by Gasteiger charge is -2.32. The van der Waals surface area contributed by atoms with Gasteiger partial charge in [0.25, 0.3) is 0 Å². The minimum Gasteiger partial charge on any atom is -0.454 e. The van der Waals surface area contributed by atoms with Crippen molar-refractivity contribution in [1.29, 1.82) is 0 Å². The number of imidazole rings is 1. The molecule has 0 atom stereocenters. The first-order chi connectivity index (χ1) is 17.1. The molecule has 2 aliphatic rings. The minimum absolute atomic E-state index is 0.229. The second kappa shape index (κ2) is 9.15. The van der Waals surface area contributed by atoms with E-state index in [1.165, 1.54) is 6.33 Å². The number of hydrogen-bond donors (Lipinski definition) is 1. The van der Waals surface area contributed by atoms with Crippen LogP contribution in [-0.2, 0) is 13.6 Å². The maximum absolute atomic E-state index is 6.14. The number of anilines is 2. The smallest absolute Gasteiger partial charge is 0.245 e. The van der Waals surface area contributed by atoms with Crippen LogP contribution in [0.25, 0.3) is 11.2 Å². The Kier molecular flexibility index (Phi) is 5.84. The molecule has 6 rings (SSSR count). The fourth-order valence-electron chi connectivity index (χ4n) is 4.51. The molecular formula is C21H23BrN10O2S. The van der Waals surface area contributed by atoms with Crippen molar-refractivity contribution in [2.45, 2.75) is 35.9 Å². The fourth-order valence-corrected chi connectivity index (χ4v) is 6.02. The molecule has 1 aromatic carbocycles. The van der Waals surface area contributed by atoms with E-state index in [-0.39, 0.29) is 6.79 Å². The van der Waals surface area contributed by atoms with Crippen molar-refractivity contribution in [2.75, 3.05) is 30.5 Å². The largest absolute Gasteiger partial charge is 0.454 e. The predicted octanol–water partition coefficient (Wildman–Crippen LogP) is 2.88. The summed E-state index contributed by atoms with van der Waals surface area (Å²) in [6, 6.07) is 3.89. The first-order valence-electron chi connectivity index (χ1n) is 11.3. The van der Waals surface area contributed by atoms with Crippen LogP contribution in [0.4, 0.5) is 11.8 Å². The number of fused-ring (bicyclic) bond motifs is 2. The SMILES string of the molecule is Cn1nnnc1N1CCC(CCn2c(Sc3cc4c(cc3Br)OCO4)nc3c(N)ncnc32)CC1. The molecule has 0 amide bonds. The summed E-state index contributed by atoms with van der Waals surface area (Å²) < 4.78 is 15.8. The van der Waals surface area contributed by atoms with Gasteiger partial charge in [-0.15, -0.1) is 0 Å². The number of halogens is 1. The number of piperidine rings is 1. The zero-order valence-electron chi connectivity index (χ0n) is 19.0. The van der Waals surface area contributed by atoms with Gasteiger partial charge < -0.3 is 24.7 Å². The number of tetrazole rings is 1. The van der Waals surface area contributed by atoms with E-state index in [2.05, 4.69) is 50.9 Å². The predicted molar refractivity (Wildman–Crippen MR) is 132 cm³/mol. The molecule has 4 aromatic rings. The van der Waals surface area contributed by atoms with Crippen molar-refractivity contribution < 1.29 is 9.47 Å². The Morgan fingerprint density at radius 3 is 2.74 bits per heavy atom. The molecule has 1 fully saturated rings. The van der Waals surface area contributed by atoms with E-state index < -0.39 is 0 Å². The van der Waals surface area contributed by atoms with E-state index in [9.17, 15) is 0 Å². The quantitative estimate of drug-likeness (QED) is 0.374. The van der Waals surface area contributed by atoms with Gasteiger partial charge in [-0.25, -0.2) is 19.6 Å². The highest BCUT2D eigenvalue weighted by molar-refractivity contribution is 9.10. The maximum atomic E-state index is 6.14. The molecular weight excluding hydrogens is 536 g/mol. The third-order valence-electron chi connectivity index (χ3n) is 6.41. The molecule has 0 unspecified atom stereocenters. The van der Waals surface area contributed by atoms with Gasteiger partial charge in [-0.3, -0.25) is 0 Å². The van der Waals surface area contributed by atoms with Crippen LogP contribution in [0.15, 0.2) is 33.0 Å². The molecule has 0 bridgehead atoms. The zero-order valence-corrected chi connectivity index (χ0v) is 21.4. The molecule has 182 valence electrons. The summed E-state index contributed by atoms with van der Waals surface area (Å²) in [5.41, 5.74) is 7.51. The second-order valence-corrected chi connectivity index (χ2v) is 10.4. The van der Waals surface area contributed by atoms with Crippen molar-refractivity contribution in [3.05, 3.63) is 22.9 Å². The average molecular weight is 559 g/mol. The number of ether oxygens (including phenoxy) is 2. The van der Waals surface area contributed by atoms with Crippen LogP contribution < -0.4 is 20.1 Å². The van der Waals surface area contributed by atoms with Crippen LogP contribution in [0.2, 0.25) is 0 Å². The Morgan fingerprint density at radius 2 is 1.97 bits per heavy atom. The summed E-state index contributed by atoms with van der Waals surface area (Å²) in [5.74, 6) is 3.24. The minimum atomic E-state index is 0.229. The molecule has 2 N–H and O–H groups in total. The molecule has 3 aromatic heterocycles. The van der Waals surface area contributed by atoms with Gasteiger partial charge in [-0.05, 0) is 63.7 Å². The number of nitrogens with two attached hydrogens (primary N) is 1. The van der Waals surface area contributed by atoms with Crippen LogP contribution in [0, 0.1) is 5.92 Å². The van der Waals surface area contributed by atoms with Gasteiger partial charge in [-0.2, -0.15) is 0 Å². The second-order valence-electron chi connectivity index (χ2n) is 8.54. The Labute approximate surface area is 213 Å². The molecule has 14 heteroatoms. The van der Waals surface area contributed by atoms with Gasteiger partial charge in [-0.1, -0.05) is 16.9 Å². The van der Waals surface area contributed by atoms with Gasteiger partial charge >= 0.3 is 0 Å². The van der Waals surface area contributed by atoms with Gasteiger partial charge in [0.15, 0.2) is 33.6 Å². The van der Waals surface area contributed by atoms with Gasteiger partial charge in [0.1, 0.15) is 6.33 Å². The van der Waals surface area contributed by atoms with E-state index in [1.807, 2.05) is 19.2 Å². The summed E-state index contributed by atoms with van der Waals surface area (Å²) >= 11 is 5.19. The number of nitrogen functional groups attached to an aromatic ring is 1. The number of benzene rings is 1. The van der Waals surface area contributed by atoms with Gasteiger partial charge in [0.2, 0.25) is 12.7 Å². The van der Waals surface area contributed by atoms with Crippen LogP contribution in [0.5, 0.6) is 11.5 Å². The Hall–Kier alpha value is -3.13. The highest BCUT2D eigenvalue weighted by atomic mass is 79.9. The Morgan fingerprint density at radius 1 is 1.17 bits per heavy atom. The third kappa shape index (κ3) is 4.24. The van der Waals surface area contributed by atoms with Crippen molar-refractivity contribution >= 4 is 50.6 Å². The lowest BCUT2D eigenvalue weighted by atomic mass is 9.94. The molecule has 12 nitrogen and oxygen atoms in total. The molecule has 0 aliphatic carbocycles. The van der Waals surface area contributed by atoms with Gasteiger partial charge in [0, 0.05) is 36.1 Å². The summed E-state index contributed by atoms with van der Waals surface area (Å²) in [7, 11) is 1.87. The van der Waals surface area contributed by atoms with E-state index in [1.54, 1.807) is 16.4 Å². The van der Waals surface area contributed by atoms with Crippen LogP contribution >= 0.6 is 27.7 Å². The molecule has 35 heavy (non-hydrogen) atoms. The molecule has 0 spiro atoms. The summed E-state index contributed by atoms with van der Waals surface area (Å²) in [5, 5.41) is 12.7. The summed E-state index contributed by atoms with van der Waals surface area (Å²) in [6.45, 7) is 2.88. The van der Waals surface area contributed by atoms with E-state index in [0.717, 1.165) is 76.5 Å². The Balaban J connectivity index is 1.22. The number of rotatable bonds is 6. The summed E-state index contributed by atoms with van der Waals surface area (Å²) in [6.07, 6.45) is 4.66. The topological polar surface area (TPSA) is 135 Å². The monoisotopic (exact) mass is 558 g/mol. The van der Waals surface area contributed by atoms with Crippen LogP contribution in [0.3, 0.4) is 0 Å². The molecule has 0 radical (unpaired) electrons. The van der Waals surface area contributed by atoms with Crippen molar-refractivity contribution in [3.8, 4) is 11.5 Å². The van der Waals surface area contributed by atoms with Crippen LogP contribution in [0.1, 0.15) is 19.3 Å². The lowest BCUT2D eigenvalue weighted by Crippen LogP contribution is -2.35. The first kappa shape index (κ1) is 22.3. The molecule has 0 saturated carbocycles. The highest BCUT2D eigenvalue weighted by Crippen LogP contribution is 2.43. The van der Waals surface area contributed by atoms with Crippen molar-refractivity contribution in [3.63, 3.8) is 0 Å². The molecule has 5 heterocycles. The van der Waals surface area contributed by atoms with E-state index in [0.29, 0.717) is 17.3 Å². The van der Waals surface area contributed by atoms with Crippen molar-refractivity contribution in [2.24, 2.45) is 13.0 Å². The number of aromatic nitrogens is 8. The zero-order chi connectivity index (χ0) is 23.9. The fraction of sp³-hybridized carbons (Fsp3) is 0.429. The highest BCUT2D eigenvalue weighted by Gasteiger charge is 2.24. The van der Waals surface area contributed by atoms with Crippen molar-refractivity contribution in [1.82, 2.24) is 39.7 Å². The maximum Gasteiger partial charge on any atom is 0.245 e. The van der Waals surface area contributed by atoms with E-state index in [4.69, 9.17) is 20.2 Å². The number of aryl methyl sites for hydroxylation is 2. The van der Waals surface area contributed by atoms with Gasteiger partial charge in [0.05, 0.1) is 0 Å². The number of hydrogen-bond acceptors (Lipinski definition) is 11. The number of nitrogens with zero attached hydrogens (tertiary/aromatic N) is 9. The third-order valence-corrected chi connectivity index (χ3v) is 8.38. The molecule has 2 aliphatic heterocycles. The normalized spacial score (nSPS) is 15.9. The molecule has 1 saturated heterocycles. The van der Waals surface area contributed by atoms with E-state index >= 15 is 0 Å². The Bertz CT molecular complexity index is 1380. The summed E-state index contributed by atoms with van der Waals surface area (Å²) in [4.78, 5) is 16.7.